The van der Waals surface area contributed by atoms with Crippen molar-refractivity contribution in [3.05, 3.63) is 56.9 Å². The zero-order valence-electron chi connectivity index (χ0n) is 20.2. The summed E-state index contributed by atoms with van der Waals surface area (Å²) in [5.74, 6) is -0.587. The van der Waals surface area contributed by atoms with Crippen molar-refractivity contribution < 1.29 is 50.7 Å². The third-order valence-corrected chi connectivity index (χ3v) is 6.41. The van der Waals surface area contributed by atoms with Crippen molar-refractivity contribution in [3.8, 4) is 17.1 Å². The van der Waals surface area contributed by atoms with Crippen molar-refractivity contribution in [1.82, 2.24) is 9.55 Å². The summed E-state index contributed by atoms with van der Waals surface area (Å²) in [5.41, 5.74) is 7.50. The van der Waals surface area contributed by atoms with Gasteiger partial charge in [-0.15, -0.1) is 0 Å². The van der Waals surface area contributed by atoms with Gasteiger partial charge in [-0.1, -0.05) is 6.92 Å². The van der Waals surface area contributed by atoms with Crippen LogP contribution in [0.15, 0.2) is 29.1 Å². The van der Waals surface area contributed by atoms with Crippen molar-refractivity contribution in [1.29, 1.82) is 0 Å². The van der Waals surface area contributed by atoms with Crippen LogP contribution >= 0.6 is 0 Å². The van der Waals surface area contributed by atoms with Crippen LogP contribution in [0.3, 0.4) is 0 Å². The minimum atomic E-state index is -1.85. The van der Waals surface area contributed by atoms with E-state index >= 15 is 0 Å². The second-order valence-corrected chi connectivity index (χ2v) is 9.39. The molecule has 0 saturated carbocycles. The average Bonchev–Trinajstić information content (AvgIpc) is 3.09. The SMILES string of the molecule is CCC1(O)C(=O)OCc2c1cc1n(c2=O)Cc2cc3c(CC(C)(C)N)c(O)ccc3nc2-1.[H-].[Na+]. The van der Waals surface area contributed by atoms with Gasteiger partial charge < -0.3 is 26.7 Å². The van der Waals surface area contributed by atoms with Crippen molar-refractivity contribution in [3.63, 3.8) is 0 Å². The Morgan fingerprint density at radius 2 is 2.03 bits per heavy atom. The van der Waals surface area contributed by atoms with Gasteiger partial charge in [0.1, 0.15) is 12.4 Å². The number of cyclic esters (lactones) is 1. The summed E-state index contributed by atoms with van der Waals surface area (Å²) in [6.45, 7) is 5.60. The number of hydrogen-bond donors (Lipinski definition) is 3. The van der Waals surface area contributed by atoms with E-state index in [0.717, 1.165) is 10.9 Å². The number of benzene rings is 1. The van der Waals surface area contributed by atoms with Crippen LogP contribution in [0.1, 0.15) is 50.9 Å². The molecule has 0 amide bonds. The van der Waals surface area contributed by atoms with Crippen molar-refractivity contribution >= 4 is 16.9 Å². The van der Waals surface area contributed by atoms with E-state index in [0.29, 0.717) is 46.6 Å². The Kier molecular flexibility index (Phi) is 5.74. The van der Waals surface area contributed by atoms with Crippen LogP contribution in [-0.4, -0.2) is 31.3 Å². The maximum absolute atomic E-state index is 13.3. The van der Waals surface area contributed by atoms with Gasteiger partial charge in [-0.3, -0.25) is 4.79 Å². The fraction of sp³-hybridized carbons (Fsp3) is 0.375. The molecular formula is C24H26N3NaO5. The number of ether oxygens (including phenoxy) is 1. The van der Waals surface area contributed by atoms with Gasteiger partial charge in [0.2, 0.25) is 0 Å². The van der Waals surface area contributed by atoms with Gasteiger partial charge in [0, 0.05) is 27.6 Å². The molecule has 1 unspecified atom stereocenters. The first kappa shape index (κ1) is 23.9. The van der Waals surface area contributed by atoms with Gasteiger partial charge in [-0.2, -0.15) is 0 Å². The zero-order chi connectivity index (χ0) is 23.0. The van der Waals surface area contributed by atoms with Crippen molar-refractivity contribution in [2.24, 2.45) is 5.73 Å². The molecule has 1 atom stereocenters. The van der Waals surface area contributed by atoms with E-state index in [4.69, 9.17) is 15.5 Å². The second kappa shape index (κ2) is 7.92. The number of phenols is 1. The number of esters is 1. The molecule has 3 aromatic rings. The molecule has 4 heterocycles. The molecule has 5 rings (SSSR count). The number of carbonyl (C=O) groups is 1. The molecule has 0 aliphatic carbocycles. The number of pyridine rings is 2. The van der Waals surface area contributed by atoms with Gasteiger partial charge in [-0.25, -0.2) is 9.78 Å². The van der Waals surface area contributed by atoms with Crippen LogP contribution in [0.25, 0.3) is 22.3 Å². The van der Waals surface area contributed by atoms with Crippen LogP contribution in [0, 0.1) is 0 Å². The summed E-state index contributed by atoms with van der Waals surface area (Å²) in [5, 5.41) is 22.2. The molecule has 0 bridgehead atoms. The van der Waals surface area contributed by atoms with Crippen LogP contribution in [0.4, 0.5) is 0 Å². The third-order valence-electron chi connectivity index (χ3n) is 6.41. The first-order chi connectivity index (χ1) is 15.0. The van der Waals surface area contributed by atoms with Crippen LogP contribution in [0.5, 0.6) is 5.75 Å². The van der Waals surface area contributed by atoms with Gasteiger partial charge >= 0.3 is 35.5 Å². The fourth-order valence-electron chi connectivity index (χ4n) is 4.74. The molecule has 0 fully saturated rings. The maximum Gasteiger partial charge on any atom is 1.00 e. The van der Waals surface area contributed by atoms with E-state index in [1.165, 1.54) is 0 Å². The Morgan fingerprint density at radius 3 is 2.70 bits per heavy atom. The average molecular weight is 459 g/mol. The molecule has 1 aromatic carbocycles. The van der Waals surface area contributed by atoms with E-state index in [1.807, 2.05) is 19.9 Å². The Hall–Kier alpha value is -2.23. The maximum atomic E-state index is 13.3. The molecule has 9 heteroatoms. The number of fused-ring (bicyclic) bond motifs is 5. The van der Waals surface area contributed by atoms with E-state index in [2.05, 4.69) is 0 Å². The largest absolute Gasteiger partial charge is 1.00 e. The molecule has 0 spiro atoms. The standard InChI is InChI=1S/C24H25N3O5.Na.H/c1-4-24(31)16-8-18-20-12(10-27(18)21(29)15(16)11-32-22(24)30)7-13-14(9-23(2,3)25)19(28)6-5-17(13)26-20;;/h5-8,28,31H,4,9-11,25H2,1-3H3;;/q;+1;-1. The Balaban J connectivity index is 0.00000162. The molecule has 2 aromatic heterocycles. The first-order valence-electron chi connectivity index (χ1n) is 10.6. The Labute approximate surface area is 214 Å². The number of nitrogens with zero attached hydrogens (tertiary/aromatic N) is 2. The molecular weight excluding hydrogens is 433 g/mol. The van der Waals surface area contributed by atoms with Gasteiger partial charge in [-0.05, 0) is 51.0 Å². The van der Waals surface area contributed by atoms with E-state index < -0.39 is 17.1 Å². The number of hydrogen-bond acceptors (Lipinski definition) is 7. The normalized spacial score (nSPS) is 18.9. The molecule has 2 aliphatic rings. The van der Waals surface area contributed by atoms with Gasteiger partial charge in [0.05, 0.1) is 29.0 Å². The summed E-state index contributed by atoms with van der Waals surface area (Å²) in [6, 6.07) is 6.97. The van der Waals surface area contributed by atoms with E-state index in [9.17, 15) is 19.8 Å². The smallest absolute Gasteiger partial charge is 1.00 e. The Bertz CT molecular complexity index is 1380. The van der Waals surface area contributed by atoms with Crippen LogP contribution in [-0.2, 0) is 34.7 Å². The fourth-order valence-corrected chi connectivity index (χ4v) is 4.74. The molecule has 33 heavy (non-hydrogen) atoms. The summed E-state index contributed by atoms with van der Waals surface area (Å²) in [6.07, 6.45) is 0.554. The number of carbonyl (C=O) groups excluding carboxylic acids is 1. The summed E-state index contributed by atoms with van der Waals surface area (Å²) in [4.78, 5) is 30.4. The quantitative estimate of drug-likeness (QED) is 0.270. The number of aromatic hydroxyl groups is 1. The van der Waals surface area contributed by atoms with Gasteiger partial charge in [0.15, 0.2) is 5.60 Å². The summed E-state index contributed by atoms with van der Waals surface area (Å²) < 4.78 is 6.70. The molecule has 8 nitrogen and oxygen atoms in total. The monoisotopic (exact) mass is 459 g/mol. The van der Waals surface area contributed by atoms with E-state index in [-0.39, 0.29) is 55.3 Å². The van der Waals surface area contributed by atoms with E-state index in [1.54, 1.807) is 29.7 Å². The van der Waals surface area contributed by atoms with Crippen molar-refractivity contribution in [2.45, 2.75) is 57.9 Å². The third kappa shape index (κ3) is 3.61. The second-order valence-electron chi connectivity index (χ2n) is 9.39. The minimum Gasteiger partial charge on any atom is -1.00 e. The number of aliphatic hydroxyl groups is 1. The summed E-state index contributed by atoms with van der Waals surface area (Å²) >= 11 is 0. The molecule has 0 saturated heterocycles. The number of phenolic OH excluding ortho intramolecular Hbond substituents is 1. The number of nitrogens with two attached hydrogens (primary N) is 1. The molecule has 4 N–H and O–H groups in total. The predicted molar refractivity (Wildman–Crippen MR) is 119 cm³/mol. The van der Waals surface area contributed by atoms with Crippen LogP contribution in [0.2, 0.25) is 0 Å². The molecule has 168 valence electrons. The topological polar surface area (TPSA) is 128 Å². The van der Waals surface area contributed by atoms with Crippen molar-refractivity contribution in [2.75, 3.05) is 0 Å². The summed E-state index contributed by atoms with van der Waals surface area (Å²) in [7, 11) is 0. The molecule has 0 radical (unpaired) electrons. The number of aromatic nitrogens is 2. The zero-order valence-corrected chi connectivity index (χ0v) is 21.2. The minimum absolute atomic E-state index is 0. The Morgan fingerprint density at radius 1 is 1.30 bits per heavy atom. The van der Waals surface area contributed by atoms with Crippen LogP contribution < -0.4 is 40.9 Å². The number of rotatable bonds is 3. The predicted octanol–water partition coefficient (Wildman–Crippen LogP) is -0.818. The van der Waals surface area contributed by atoms with Gasteiger partial charge in [0.25, 0.3) is 5.56 Å². The first-order valence-corrected chi connectivity index (χ1v) is 10.6. The molecule has 2 aliphatic heterocycles.